The predicted octanol–water partition coefficient (Wildman–Crippen LogP) is 1.90. The van der Waals surface area contributed by atoms with E-state index in [0.717, 1.165) is 6.07 Å². The number of halogens is 2. The first-order chi connectivity index (χ1) is 6.97. The minimum absolute atomic E-state index is 0.0862. The monoisotopic (exact) mass is 212 g/mol. The van der Waals surface area contributed by atoms with Crippen LogP contribution in [0.5, 0.6) is 0 Å². The summed E-state index contributed by atoms with van der Waals surface area (Å²) < 4.78 is 24.6. The second-order valence-electron chi connectivity index (χ2n) is 2.77. The molecule has 0 unspecified atom stereocenters. The van der Waals surface area contributed by atoms with Gasteiger partial charge in [0.25, 0.3) is 6.43 Å². The molecule has 4 nitrogen and oxygen atoms in total. The molecule has 0 fully saturated rings. The molecule has 0 saturated heterocycles. The van der Waals surface area contributed by atoms with Crippen LogP contribution in [0.2, 0.25) is 0 Å². The Morgan fingerprint density at radius 1 is 1.67 bits per heavy atom. The zero-order valence-electron chi connectivity index (χ0n) is 7.66. The normalized spacial score (nSPS) is 10.1. The fourth-order valence-electron chi connectivity index (χ4n) is 1.17. The van der Waals surface area contributed by atoms with Crippen molar-refractivity contribution in [3.8, 4) is 6.07 Å². The lowest BCUT2D eigenvalue weighted by Crippen LogP contribution is -2.07. The summed E-state index contributed by atoms with van der Waals surface area (Å²) in [4.78, 5) is 14.1. The number of aromatic nitrogens is 1. The van der Waals surface area contributed by atoms with Crippen LogP contribution in [0.25, 0.3) is 0 Å². The van der Waals surface area contributed by atoms with Gasteiger partial charge in [-0.1, -0.05) is 0 Å². The van der Waals surface area contributed by atoms with Crippen molar-refractivity contribution in [3.63, 3.8) is 0 Å². The fourth-order valence-corrected chi connectivity index (χ4v) is 1.17. The summed E-state index contributed by atoms with van der Waals surface area (Å²) in [5.74, 6) is -1.35. The Labute approximate surface area is 83.8 Å². The third kappa shape index (κ3) is 2.07. The van der Waals surface area contributed by atoms with Gasteiger partial charge in [-0.3, -0.25) is 4.98 Å². The van der Waals surface area contributed by atoms with Crippen LogP contribution >= 0.6 is 0 Å². The minimum Gasteiger partial charge on any atom is -0.478 e. The Kier molecular flexibility index (Phi) is 2.95. The molecule has 0 spiro atoms. The van der Waals surface area contributed by atoms with E-state index in [4.69, 9.17) is 10.4 Å². The molecule has 78 valence electrons. The van der Waals surface area contributed by atoms with E-state index in [1.54, 1.807) is 6.07 Å². The van der Waals surface area contributed by atoms with E-state index in [9.17, 15) is 13.6 Å². The Morgan fingerprint density at radius 3 is 2.67 bits per heavy atom. The number of carboxylic acid groups (broad SMARTS) is 1. The predicted molar refractivity (Wildman–Crippen MR) is 45.6 cm³/mol. The number of alkyl halides is 2. The van der Waals surface area contributed by atoms with Gasteiger partial charge < -0.3 is 5.11 Å². The smallest absolute Gasteiger partial charge is 0.338 e. The highest BCUT2D eigenvalue weighted by Crippen LogP contribution is 2.21. The number of nitriles is 1. The quantitative estimate of drug-likeness (QED) is 0.812. The molecule has 15 heavy (non-hydrogen) atoms. The van der Waals surface area contributed by atoms with Crippen molar-refractivity contribution >= 4 is 5.97 Å². The lowest BCUT2D eigenvalue weighted by molar-refractivity contribution is 0.0694. The van der Waals surface area contributed by atoms with E-state index in [2.05, 4.69) is 4.98 Å². The maximum Gasteiger partial charge on any atom is 0.338 e. The fraction of sp³-hybridized carbons (Fsp3) is 0.222. The molecular formula is C9H6F2N2O2. The van der Waals surface area contributed by atoms with Gasteiger partial charge in [-0.25, -0.2) is 13.6 Å². The average molecular weight is 212 g/mol. The Hall–Kier alpha value is -2.03. The number of hydrogen-bond donors (Lipinski definition) is 1. The third-order valence-electron chi connectivity index (χ3n) is 1.78. The van der Waals surface area contributed by atoms with E-state index in [-0.39, 0.29) is 16.8 Å². The van der Waals surface area contributed by atoms with Gasteiger partial charge in [0.2, 0.25) is 0 Å². The van der Waals surface area contributed by atoms with Crippen molar-refractivity contribution in [3.05, 3.63) is 28.6 Å². The van der Waals surface area contributed by atoms with E-state index >= 15 is 0 Å². The van der Waals surface area contributed by atoms with Crippen LogP contribution in [0.15, 0.2) is 6.07 Å². The zero-order valence-corrected chi connectivity index (χ0v) is 7.66. The molecule has 0 saturated carbocycles. The molecule has 0 aliphatic carbocycles. The summed E-state index contributed by atoms with van der Waals surface area (Å²) in [7, 11) is 0. The number of aryl methyl sites for hydroxylation is 1. The van der Waals surface area contributed by atoms with Gasteiger partial charge in [-0.2, -0.15) is 5.26 Å². The van der Waals surface area contributed by atoms with Crippen LogP contribution < -0.4 is 0 Å². The van der Waals surface area contributed by atoms with E-state index in [0.29, 0.717) is 0 Å². The molecular weight excluding hydrogens is 206 g/mol. The SMILES string of the molecule is Cc1nc(C(F)F)cc(C#N)c1C(=O)O. The van der Waals surface area contributed by atoms with Gasteiger partial charge in [0.1, 0.15) is 11.8 Å². The summed E-state index contributed by atoms with van der Waals surface area (Å²) in [6.07, 6.45) is -2.82. The molecule has 0 radical (unpaired) electrons. The number of nitrogens with zero attached hydrogens (tertiary/aromatic N) is 2. The van der Waals surface area contributed by atoms with Gasteiger partial charge in [-0.05, 0) is 13.0 Å². The first-order valence-corrected chi connectivity index (χ1v) is 3.90. The molecule has 1 N–H and O–H groups in total. The van der Waals surface area contributed by atoms with E-state index in [1.165, 1.54) is 6.92 Å². The number of hydrogen-bond acceptors (Lipinski definition) is 3. The van der Waals surface area contributed by atoms with Gasteiger partial charge in [0.15, 0.2) is 0 Å². The summed E-state index contributed by atoms with van der Waals surface area (Å²) in [5.41, 5.74) is -1.31. The molecule has 1 aromatic heterocycles. The summed E-state index contributed by atoms with van der Waals surface area (Å²) in [6, 6.07) is 2.35. The number of aromatic carboxylic acids is 1. The number of pyridine rings is 1. The number of rotatable bonds is 2. The van der Waals surface area contributed by atoms with Gasteiger partial charge in [-0.15, -0.1) is 0 Å². The molecule has 0 amide bonds. The minimum atomic E-state index is -2.82. The van der Waals surface area contributed by atoms with Crippen molar-refractivity contribution in [2.45, 2.75) is 13.3 Å². The van der Waals surface area contributed by atoms with Crippen molar-refractivity contribution in [1.82, 2.24) is 4.98 Å². The Morgan fingerprint density at radius 2 is 2.27 bits per heavy atom. The molecule has 6 heteroatoms. The molecule has 1 aromatic rings. The lowest BCUT2D eigenvalue weighted by atomic mass is 10.1. The molecule has 0 bridgehead atoms. The van der Waals surface area contributed by atoms with Crippen LogP contribution in [-0.2, 0) is 0 Å². The topological polar surface area (TPSA) is 74.0 Å². The van der Waals surface area contributed by atoms with Gasteiger partial charge in [0, 0.05) is 0 Å². The van der Waals surface area contributed by atoms with Crippen LogP contribution in [0, 0.1) is 18.3 Å². The first-order valence-electron chi connectivity index (χ1n) is 3.90. The van der Waals surface area contributed by atoms with Crippen molar-refractivity contribution in [1.29, 1.82) is 5.26 Å². The number of carboxylic acids is 1. The molecule has 1 heterocycles. The molecule has 1 rings (SSSR count). The van der Waals surface area contributed by atoms with Crippen molar-refractivity contribution in [2.24, 2.45) is 0 Å². The third-order valence-corrected chi connectivity index (χ3v) is 1.78. The van der Waals surface area contributed by atoms with Crippen molar-refractivity contribution in [2.75, 3.05) is 0 Å². The first kappa shape index (κ1) is 11.0. The summed E-state index contributed by atoms with van der Waals surface area (Å²) >= 11 is 0. The van der Waals surface area contributed by atoms with Gasteiger partial charge >= 0.3 is 5.97 Å². The maximum atomic E-state index is 12.3. The van der Waals surface area contributed by atoms with Crippen LogP contribution in [0.3, 0.4) is 0 Å². The highest BCUT2D eigenvalue weighted by atomic mass is 19.3. The second-order valence-corrected chi connectivity index (χ2v) is 2.77. The second kappa shape index (κ2) is 4.00. The van der Waals surface area contributed by atoms with Crippen molar-refractivity contribution < 1.29 is 18.7 Å². The lowest BCUT2D eigenvalue weighted by Gasteiger charge is -2.05. The van der Waals surface area contributed by atoms with Crippen LogP contribution in [0.1, 0.15) is 33.7 Å². The largest absolute Gasteiger partial charge is 0.478 e. The standard InChI is InChI=1S/C9H6F2N2O2/c1-4-7(9(14)15)5(3-12)2-6(13-4)8(10)11/h2,8H,1H3,(H,14,15). The molecule has 0 aliphatic heterocycles. The molecule has 0 atom stereocenters. The Balaban J connectivity index is 3.46. The van der Waals surface area contributed by atoms with Crippen LogP contribution in [0.4, 0.5) is 8.78 Å². The van der Waals surface area contributed by atoms with E-state index < -0.39 is 18.1 Å². The highest BCUT2D eigenvalue weighted by Gasteiger charge is 2.19. The highest BCUT2D eigenvalue weighted by molar-refractivity contribution is 5.91. The summed E-state index contributed by atoms with van der Waals surface area (Å²) in [5, 5.41) is 17.3. The Bertz CT molecular complexity index is 452. The average Bonchev–Trinajstić information content (AvgIpc) is 2.15. The van der Waals surface area contributed by atoms with Crippen LogP contribution in [-0.4, -0.2) is 16.1 Å². The van der Waals surface area contributed by atoms with Gasteiger partial charge in [0.05, 0.1) is 16.8 Å². The summed E-state index contributed by atoms with van der Waals surface area (Å²) in [6.45, 7) is 1.27. The maximum absolute atomic E-state index is 12.3. The molecule has 0 aliphatic rings. The molecule has 0 aromatic carbocycles. The van der Waals surface area contributed by atoms with E-state index in [1.807, 2.05) is 0 Å². The zero-order chi connectivity index (χ0) is 11.6. The number of carbonyl (C=O) groups is 1.